The summed E-state index contributed by atoms with van der Waals surface area (Å²) in [6.07, 6.45) is 3.11. The topological polar surface area (TPSA) is 112 Å². The van der Waals surface area contributed by atoms with Crippen LogP contribution in [0.25, 0.3) is 0 Å². The average Bonchev–Trinajstić information content (AvgIpc) is 3.49. The lowest BCUT2D eigenvalue weighted by Gasteiger charge is -2.08. The smallest absolute Gasteiger partial charge is 0.274 e. The second-order valence-electron chi connectivity index (χ2n) is 7.46. The number of thiophene rings is 1. The van der Waals surface area contributed by atoms with Crippen LogP contribution in [-0.2, 0) is 5.75 Å². The maximum atomic E-state index is 12.9. The van der Waals surface area contributed by atoms with Crippen LogP contribution in [0.2, 0.25) is 0 Å². The zero-order chi connectivity index (χ0) is 23.9. The van der Waals surface area contributed by atoms with Crippen molar-refractivity contribution in [2.75, 3.05) is 5.32 Å². The lowest BCUT2D eigenvalue weighted by atomic mass is 10.1. The predicted molar refractivity (Wildman–Crippen MR) is 136 cm³/mol. The second-order valence-corrected chi connectivity index (χ2v) is 9.28. The summed E-state index contributed by atoms with van der Waals surface area (Å²) in [4.78, 5) is 29.8. The number of rotatable bonds is 8. The van der Waals surface area contributed by atoms with Gasteiger partial charge in [-0.1, -0.05) is 53.7 Å². The quantitative estimate of drug-likeness (QED) is 0.187. The zero-order valence-electron chi connectivity index (χ0n) is 18.5. The summed E-state index contributed by atoms with van der Waals surface area (Å²) in [6, 6.07) is 15.1. The van der Waals surface area contributed by atoms with Gasteiger partial charge in [-0.3, -0.25) is 14.7 Å². The van der Waals surface area contributed by atoms with Crippen molar-refractivity contribution in [3.63, 3.8) is 0 Å². The van der Waals surface area contributed by atoms with E-state index in [4.69, 9.17) is 0 Å². The number of nitrogens with one attached hydrogen (secondary N) is 3. The van der Waals surface area contributed by atoms with Gasteiger partial charge in [0.2, 0.25) is 5.16 Å². The molecule has 0 aliphatic rings. The summed E-state index contributed by atoms with van der Waals surface area (Å²) >= 11 is 2.77. The van der Waals surface area contributed by atoms with Crippen LogP contribution in [0.1, 0.15) is 43.0 Å². The van der Waals surface area contributed by atoms with Crippen LogP contribution in [0.3, 0.4) is 0 Å². The summed E-state index contributed by atoms with van der Waals surface area (Å²) in [7, 11) is 0. The summed E-state index contributed by atoms with van der Waals surface area (Å²) in [5.74, 6) is -0.0399. The molecule has 2 heterocycles. The van der Waals surface area contributed by atoms with Crippen molar-refractivity contribution < 1.29 is 9.59 Å². The number of thioether (sulfide) groups is 1. The lowest BCUT2D eigenvalue weighted by molar-refractivity contribution is 0.0956. The van der Waals surface area contributed by atoms with Crippen LogP contribution in [-0.4, -0.2) is 33.2 Å². The van der Waals surface area contributed by atoms with Crippen LogP contribution in [0.15, 0.2) is 70.5 Å². The molecule has 34 heavy (non-hydrogen) atoms. The summed E-state index contributed by atoms with van der Waals surface area (Å²) in [5.41, 5.74) is 7.21. The molecule has 0 aliphatic carbocycles. The molecule has 0 unspecified atom stereocenters. The van der Waals surface area contributed by atoms with Crippen molar-refractivity contribution >= 4 is 46.1 Å². The Balaban J connectivity index is 1.41. The molecule has 4 rings (SSSR count). The first-order valence-electron chi connectivity index (χ1n) is 10.4. The predicted octanol–water partition coefficient (Wildman–Crippen LogP) is 4.79. The number of H-pyrrole nitrogens is 1. The minimum Gasteiger partial charge on any atom is -0.313 e. The molecule has 0 saturated carbocycles. The first-order chi connectivity index (χ1) is 16.5. The minimum atomic E-state index is -0.380. The molecule has 10 heteroatoms. The van der Waals surface area contributed by atoms with Gasteiger partial charge in [-0.15, -0.1) is 16.4 Å². The van der Waals surface area contributed by atoms with Gasteiger partial charge < -0.3 is 5.32 Å². The number of hydrogen-bond donors (Lipinski definition) is 3. The molecule has 4 aromatic rings. The van der Waals surface area contributed by atoms with Gasteiger partial charge in [0.05, 0.1) is 11.8 Å². The number of nitrogens with zero attached hydrogens (tertiary/aromatic N) is 3. The number of hydrogen-bond acceptors (Lipinski definition) is 7. The number of aryl methyl sites for hydroxylation is 2. The standard InChI is InChI=1S/C24H22N6O2S2/c1-15-6-8-17(9-7-15)11-26-29-22(32)20-16(2)12-33-23(20)28-21(31)19-5-3-4-18(10-19)13-34-24-25-14-27-30-24/h3-12,14H,13H2,1-2H3,(H,28,31)(H,29,32)(H,25,27,30)/b26-11+. The first-order valence-corrected chi connectivity index (χ1v) is 12.2. The van der Waals surface area contributed by atoms with Gasteiger partial charge in [-0.25, -0.2) is 10.4 Å². The fraction of sp³-hybridized carbons (Fsp3) is 0.125. The Morgan fingerprint density at radius 2 is 1.97 bits per heavy atom. The first kappa shape index (κ1) is 23.4. The van der Waals surface area contributed by atoms with Crippen LogP contribution in [0.4, 0.5) is 5.00 Å². The van der Waals surface area contributed by atoms with Crippen LogP contribution in [0, 0.1) is 13.8 Å². The van der Waals surface area contributed by atoms with Gasteiger partial charge in [-0.2, -0.15) is 5.10 Å². The second kappa shape index (κ2) is 10.9. The molecule has 0 bridgehead atoms. The molecule has 2 aromatic heterocycles. The molecule has 172 valence electrons. The fourth-order valence-electron chi connectivity index (χ4n) is 3.08. The van der Waals surface area contributed by atoms with E-state index in [1.54, 1.807) is 12.3 Å². The van der Waals surface area contributed by atoms with Gasteiger partial charge in [0.15, 0.2) is 0 Å². The zero-order valence-corrected chi connectivity index (χ0v) is 20.2. The van der Waals surface area contributed by atoms with Crippen LogP contribution < -0.4 is 10.7 Å². The van der Waals surface area contributed by atoms with Gasteiger partial charge in [-0.05, 0) is 48.1 Å². The largest absolute Gasteiger partial charge is 0.313 e. The molecule has 0 saturated heterocycles. The van der Waals surface area contributed by atoms with E-state index in [0.29, 0.717) is 27.0 Å². The van der Waals surface area contributed by atoms with Crippen LogP contribution >= 0.6 is 23.1 Å². The van der Waals surface area contributed by atoms with E-state index in [0.717, 1.165) is 22.3 Å². The van der Waals surface area contributed by atoms with E-state index in [1.165, 1.54) is 29.4 Å². The molecule has 0 atom stereocenters. The molecule has 8 nitrogen and oxygen atoms in total. The summed E-state index contributed by atoms with van der Waals surface area (Å²) < 4.78 is 0. The number of hydrazone groups is 1. The third kappa shape index (κ3) is 5.97. The monoisotopic (exact) mass is 490 g/mol. The number of carbonyl (C=O) groups excluding carboxylic acids is 2. The number of carbonyl (C=O) groups is 2. The molecule has 0 radical (unpaired) electrons. The summed E-state index contributed by atoms with van der Waals surface area (Å²) in [5, 5.41) is 16.6. The fourth-order valence-corrected chi connectivity index (χ4v) is 4.74. The number of amides is 2. The highest BCUT2D eigenvalue weighted by Gasteiger charge is 2.19. The highest BCUT2D eigenvalue weighted by Crippen LogP contribution is 2.28. The molecular formula is C24H22N6O2S2. The lowest BCUT2D eigenvalue weighted by Crippen LogP contribution is -2.21. The Labute approximate surface area is 204 Å². The van der Waals surface area contributed by atoms with Crippen molar-refractivity contribution in [3.05, 3.63) is 93.6 Å². The van der Waals surface area contributed by atoms with E-state index in [1.807, 2.05) is 61.7 Å². The average molecular weight is 491 g/mol. The van der Waals surface area contributed by atoms with E-state index < -0.39 is 0 Å². The normalized spacial score (nSPS) is 11.0. The van der Waals surface area contributed by atoms with Crippen LogP contribution in [0.5, 0.6) is 0 Å². The Morgan fingerprint density at radius 1 is 1.15 bits per heavy atom. The molecule has 2 amide bonds. The van der Waals surface area contributed by atoms with E-state index in [9.17, 15) is 9.59 Å². The number of aromatic amines is 1. The maximum absolute atomic E-state index is 12.9. The Bertz CT molecular complexity index is 1310. The molecule has 3 N–H and O–H groups in total. The third-order valence-corrected chi connectivity index (χ3v) is 6.78. The van der Waals surface area contributed by atoms with Gasteiger partial charge in [0.25, 0.3) is 11.8 Å². The maximum Gasteiger partial charge on any atom is 0.274 e. The van der Waals surface area contributed by atoms with Crippen molar-refractivity contribution in [2.24, 2.45) is 5.10 Å². The Hall–Kier alpha value is -3.76. The van der Waals surface area contributed by atoms with E-state index >= 15 is 0 Å². The SMILES string of the molecule is Cc1ccc(/C=N/NC(=O)c2c(C)csc2NC(=O)c2cccc(CSc3nc[nH]n3)c2)cc1. The Morgan fingerprint density at radius 3 is 2.74 bits per heavy atom. The highest BCUT2D eigenvalue weighted by atomic mass is 32.2. The van der Waals surface area contributed by atoms with Gasteiger partial charge >= 0.3 is 0 Å². The van der Waals surface area contributed by atoms with Crippen molar-refractivity contribution in [1.29, 1.82) is 0 Å². The molecule has 0 fully saturated rings. The molecule has 0 aliphatic heterocycles. The number of anilines is 1. The number of aromatic nitrogens is 3. The van der Waals surface area contributed by atoms with Gasteiger partial charge in [0.1, 0.15) is 11.3 Å². The highest BCUT2D eigenvalue weighted by molar-refractivity contribution is 7.98. The van der Waals surface area contributed by atoms with Crippen molar-refractivity contribution in [2.45, 2.75) is 24.8 Å². The molecule has 2 aromatic carbocycles. The molecule has 0 spiro atoms. The third-order valence-electron chi connectivity index (χ3n) is 4.84. The Kier molecular flexibility index (Phi) is 7.51. The number of benzene rings is 2. The summed E-state index contributed by atoms with van der Waals surface area (Å²) in [6.45, 7) is 3.83. The van der Waals surface area contributed by atoms with Crippen molar-refractivity contribution in [1.82, 2.24) is 20.6 Å². The van der Waals surface area contributed by atoms with Gasteiger partial charge in [0, 0.05) is 11.3 Å². The minimum absolute atomic E-state index is 0.288. The molecular weight excluding hydrogens is 468 g/mol. The van der Waals surface area contributed by atoms with Crippen molar-refractivity contribution in [3.8, 4) is 0 Å². The van der Waals surface area contributed by atoms with E-state index in [-0.39, 0.29) is 11.8 Å². The van der Waals surface area contributed by atoms with E-state index in [2.05, 4.69) is 31.0 Å².